The lowest BCUT2D eigenvalue weighted by molar-refractivity contribution is -0.172. The number of alkyl halides is 3. The van der Waals surface area contributed by atoms with Gasteiger partial charge in [-0.1, -0.05) is 24.3 Å². The van der Waals surface area contributed by atoms with Crippen molar-refractivity contribution in [2.45, 2.75) is 31.9 Å². The van der Waals surface area contributed by atoms with E-state index in [1.54, 1.807) is 0 Å². The van der Waals surface area contributed by atoms with Gasteiger partial charge in [-0.05, 0) is 31.8 Å². The molecule has 0 aromatic carbocycles. The van der Waals surface area contributed by atoms with Crippen LogP contribution in [0.4, 0.5) is 13.2 Å². The predicted molar refractivity (Wildman–Crippen MR) is 63.7 cm³/mol. The molecule has 5 heteroatoms. The SMILES string of the molecule is C=C(OC1=C(Cl)C[C@@H](C(F)(F)F)CC=C1)C1CC1. The van der Waals surface area contributed by atoms with Gasteiger partial charge < -0.3 is 4.74 Å². The number of ether oxygens (including phenoxy) is 1. The average molecular weight is 279 g/mol. The third-order valence-corrected chi connectivity index (χ3v) is 3.46. The Morgan fingerprint density at radius 2 is 2.06 bits per heavy atom. The summed E-state index contributed by atoms with van der Waals surface area (Å²) in [7, 11) is 0. The van der Waals surface area contributed by atoms with Gasteiger partial charge >= 0.3 is 6.18 Å². The number of allylic oxidation sites excluding steroid dienone is 4. The molecular formula is C13H14ClF3O. The second kappa shape index (κ2) is 5.00. The molecule has 0 bridgehead atoms. The van der Waals surface area contributed by atoms with E-state index in [0.29, 0.717) is 17.4 Å². The van der Waals surface area contributed by atoms with Gasteiger partial charge in [0, 0.05) is 5.92 Å². The van der Waals surface area contributed by atoms with Crippen LogP contribution in [0, 0.1) is 11.8 Å². The van der Waals surface area contributed by atoms with Crippen molar-refractivity contribution in [2.75, 3.05) is 0 Å². The molecule has 2 rings (SSSR count). The van der Waals surface area contributed by atoms with Gasteiger partial charge in [0.05, 0.1) is 11.0 Å². The molecule has 0 N–H and O–H groups in total. The molecule has 0 saturated heterocycles. The third kappa shape index (κ3) is 3.31. The molecular weight excluding hydrogens is 265 g/mol. The Morgan fingerprint density at radius 1 is 1.39 bits per heavy atom. The molecule has 1 saturated carbocycles. The first-order valence-electron chi connectivity index (χ1n) is 5.86. The predicted octanol–water partition coefficient (Wildman–Crippen LogP) is 4.91. The van der Waals surface area contributed by atoms with Crippen molar-refractivity contribution in [1.29, 1.82) is 0 Å². The van der Waals surface area contributed by atoms with Gasteiger partial charge in [0.1, 0.15) is 11.5 Å². The quantitative estimate of drug-likeness (QED) is 0.667. The van der Waals surface area contributed by atoms with Crippen molar-refractivity contribution in [3.8, 4) is 0 Å². The van der Waals surface area contributed by atoms with E-state index >= 15 is 0 Å². The third-order valence-electron chi connectivity index (χ3n) is 3.12. The standard InChI is InChI=1S/C13H14ClF3O/c1-8(9-5-6-9)18-12-4-2-3-10(7-11(12)14)13(15,16)17/h2,4,9-10H,1,3,5-7H2/t10-/m0/s1. The minimum atomic E-state index is -4.23. The van der Waals surface area contributed by atoms with Gasteiger partial charge in [-0.25, -0.2) is 0 Å². The highest BCUT2D eigenvalue weighted by atomic mass is 35.5. The Kier molecular flexibility index (Phi) is 3.76. The number of halogens is 4. The van der Waals surface area contributed by atoms with E-state index in [0.717, 1.165) is 12.8 Å². The Bertz CT molecular complexity index is 405. The zero-order chi connectivity index (χ0) is 13.3. The number of hydrogen-bond acceptors (Lipinski definition) is 1. The maximum Gasteiger partial charge on any atom is 0.392 e. The van der Waals surface area contributed by atoms with Gasteiger partial charge in [-0.2, -0.15) is 13.2 Å². The van der Waals surface area contributed by atoms with E-state index in [9.17, 15) is 13.2 Å². The van der Waals surface area contributed by atoms with Crippen LogP contribution in [-0.2, 0) is 4.74 Å². The molecule has 0 aromatic heterocycles. The fraction of sp³-hybridized carbons (Fsp3) is 0.538. The van der Waals surface area contributed by atoms with Crippen LogP contribution in [0.2, 0.25) is 0 Å². The normalized spacial score (nSPS) is 25.0. The van der Waals surface area contributed by atoms with E-state index < -0.39 is 12.1 Å². The van der Waals surface area contributed by atoms with Crippen LogP contribution in [0.1, 0.15) is 25.7 Å². The number of hydrogen-bond donors (Lipinski definition) is 0. The van der Waals surface area contributed by atoms with Crippen molar-refractivity contribution < 1.29 is 17.9 Å². The zero-order valence-corrected chi connectivity index (χ0v) is 10.5. The molecule has 0 aromatic rings. The summed E-state index contributed by atoms with van der Waals surface area (Å²) in [5, 5.41) is 0.118. The Balaban J connectivity index is 2.07. The molecule has 1 nitrogen and oxygen atoms in total. The van der Waals surface area contributed by atoms with Crippen LogP contribution in [-0.4, -0.2) is 6.18 Å². The highest BCUT2D eigenvalue weighted by Gasteiger charge is 2.40. The fourth-order valence-corrected chi connectivity index (χ4v) is 2.09. The number of rotatable bonds is 3. The van der Waals surface area contributed by atoms with Gasteiger partial charge in [0.25, 0.3) is 0 Å². The summed E-state index contributed by atoms with van der Waals surface area (Å²) in [6.45, 7) is 3.77. The molecule has 1 atom stereocenters. The molecule has 0 spiro atoms. The largest absolute Gasteiger partial charge is 0.461 e. The first-order valence-corrected chi connectivity index (χ1v) is 6.24. The first kappa shape index (κ1) is 13.5. The van der Waals surface area contributed by atoms with Crippen molar-refractivity contribution in [3.63, 3.8) is 0 Å². The molecule has 2 aliphatic carbocycles. The van der Waals surface area contributed by atoms with Crippen molar-refractivity contribution in [3.05, 3.63) is 35.3 Å². The highest BCUT2D eigenvalue weighted by Crippen LogP contribution is 2.41. The van der Waals surface area contributed by atoms with Crippen LogP contribution >= 0.6 is 11.6 Å². The van der Waals surface area contributed by atoms with Crippen LogP contribution in [0.15, 0.2) is 35.3 Å². The molecule has 1 fully saturated rings. The first-order chi connectivity index (χ1) is 8.38. The lowest BCUT2D eigenvalue weighted by Crippen LogP contribution is -2.22. The smallest absolute Gasteiger partial charge is 0.392 e. The van der Waals surface area contributed by atoms with Crippen molar-refractivity contribution in [1.82, 2.24) is 0 Å². The van der Waals surface area contributed by atoms with Crippen molar-refractivity contribution >= 4 is 11.6 Å². The van der Waals surface area contributed by atoms with Crippen LogP contribution < -0.4 is 0 Å². The molecule has 0 radical (unpaired) electrons. The molecule has 0 amide bonds. The lowest BCUT2D eigenvalue weighted by atomic mass is 10.0. The maximum absolute atomic E-state index is 12.6. The summed E-state index contributed by atoms with van der Waals surface area (Å²) < 4.78 is 43.4. The molecule has 0 heterocycles. The minimum Gasteiger partial charge on any atom is -0.461 e. The highest BCUT2D eigenvalue weighted by molar-refractivity contribution is 6.30. The van der Waals surface area contributed by atoms with E-state index in [1.165, 1.54) is 12.2 Å². The van der Waals surface area contributed by atoms with Gasteiger partial charge in [-0.15, -0.1) is 0 Å². The second-order valence-corrected chi connectivity index (χ2v) is 5.15. The monoisotopic (exact) mass is 278 g/mol. The summed E-state index contributed by atoms with van der Waals surface area (Å²) in [5.74, 6) is -0.202. The zero-order valence-electron chi connectivity index (χ0n) is 9.77. The lowest BCUT2D eigenvalue weighted by Gasteiger charge is -2.17. The molecule has 100 valence electrons. The second-order valence-electron chi connectivity index (χ2n) is 4.69. The average Bonchev–Trinajstić information content (AvgIpc) is 3.06. The Hall–Kier alpha value is -0.900. The van der Waals surface area contributed by atoms with Gasteiger partial charge in [0.2, 0.25) is 0 Å². The van der Waals surface area contributed by atoms with E-state index in [-0.39, 0.29) is 17.9 Å². The van der Waals surface area contributed by atoms with E-state index in [4.69, 9.17) is 16.3 Å². The summed E-state index contributed by atoms with van der Waals surface area (Å²) in [4.78, 5) is 0. The minimum absolute atomic E-state index is 0.0670. The van der Waals surface area contributed by atoms with Gasteiger partial charge in [-0.3, -0.25) is 0 Å². The summed E-state index contributed by atoms with van der Waals surface area (Å²) in [6.07, 6.45) is 0.503. The van der Waals surface area contributed by atoms with Crippen molar-refractivity contribution in [2.24, 2.45) is 11.8 Å². The Labute approximate surface area is 109 Å². The topological polar surface area (TPSA) is 9.23 Å². The molecule has 0 aliphatic heterocycles. The molecule has 2 aliphatic rings. The molecule has 18 heavy (non-hydrogen) atoms. The van der Waals surface area contributed by atoms with Gasteiger partial charge in [0.15, 0.2) is 0 Å². The van der Waals surface area contributed by atoms with Crippen LogP contribution in [0.5, 0.6) is 0 Å². The Morgan fingerprint density at radius 3 is 2.61 bits per heavy atom. The summed E-state index contributed by atoms with van der Waals surface area (Å²) >= 11 is 5.92. The van der Waals surface area contributed by atoms with E-state index in [1.807, 2.05) is 0 Å². The van der Waals surface area contributed by atoms with Crippen LogP contribution in [0.25, 0.3) is 0 Å². The summed E-state index contributed by atoms with van der Waals surface area (Å²) in [5.41, 5.74) is 0. The summed E-state index contributed by atoms with van der Waals surface area (Å²) in [6, 6.07) is 0. The van der Waals surface area contributed by atoms with Crippen LogP contribution in [0.3, 0.4) is 0 Å². The fourth-order valence-electron chi connectivity index (χ4n) is 1.80. The molecule has 0 unspecified atom stereocenters. The van der Waals surface area contributed by atoms with E-state index in [2.05, 4.69) is 6.58 Å². The maximum atomic E-state index is 12.6.